The summed E-state index contributed by atoms with van der Waals surface area (Å²) in [5.41, 5.74) is -1.18. The Bertz CT molecular complexity index is 473. The molecule has 0 bridgehead atoms. The zero-order chi connectivity index (χ0) is 12.3. The first-order valence-electron chi connectivity index (χ1n) is 4.64. The molecule has 0 amide bonds. The molecule has 0 aliphatic rings. The maximum atomic E-state index is 11.9. The maximum absolute atomic E-state index is 11.9. The van der Waals surface area contributed by atoms with Gasteiger partial charge in [-0.25, -0.2) is 4.79 Å². The standard InChI is InChI=1S/C9H11F3N2O2/c1-13-6-3-7(15)14(8(13)16)5-2-4-9(10,11)12/h3,6H,2,4-5H2,1H3. The van der Waals surface area contributed by atoms with Gasteiger partial charge in [0.05, 0.1) is 0 Å². The minimum atomic E-state index is -4.26. The predicted octanol–water partition coefficient (Wildman–Crippen LogP) is 0.889. The van der Waals surface area contributed by atoms with Crippen LogP contribution in [-0.4, -0.2) is 15.3 Å². The van der Waals surface area contributed by atoms with E-state index in [9.17, 15) is 22.8 Å². The largest absolute Gasteiger partial charge is 0.389 e. The molecule has 0 atom stereocenters. The molecular weight excluding hydrogens is 225 g/mol. The highest BCUT2D eigenvalue weighted by atomic mass is 19.4. The lowest BCUT2D eigenvalue weighted by Gasteiger charge is -2.08. The molecule has 1 aromatic rings. The molecule has 0 saturated heterocycles. The van der Waals surface area contributed by atoms with Crippen LogP contribution < -0.4 is 11.2 Å². The monoisotopic (exact) mass is 236 g/mol. The summed E-state index contributed by atoms with van der Waals surface area (Å²) in [6.45, 7) is -0.216. The smallest absolute Gasteiger partial charge is 0.303 e. The van der Waals surface area contributed by atoms with Crippen LogP contribution in [0.4, 0.5) is 13.2 Å². The Labute approximate surface area is 88.9 Å². The number of alkyl halides is 3. The van der Waals surface area contributed by atoms with Crippen LogP contribution in [0.15, 0.2) is 21.9 Å². The Morgan fingerprint density at radius 3 is 2.50 bits per heavy atom. The molecule has 1 aromatic heterocycles. The van der Waals surface area contributed by atoms with Gasteiger partial charge in [0.2, 0.25) is 0 Å². The molecule has 7 heteroatoms. The van der Waals surface area contributed by atoms with Crippen molar-refractivity contribution in [3.05, 3.63) is 33.1 Å². The van der Waals surface area contributed by atoms with Crippen LogP contribution in [0.5, 0.6) is 0 Å². The summed E-state index contributed by atoms with van der Waals surface area (Å²) in [4.78, 5) is 22.6. The maximum Gasteiger partial charge on any atom is 0.389 e. The van der Waals surface area contributed by atoms with Gasteiger partial charge in [-0.1, -0.05) is 0 Å². The number of hydrogen-bond donors (Lipinski definition) is 0. The molecule has 16 heavy (non-hydrogen) atoms. The number of aryl methyl sites for hydroxylation is 1. The van der Waals surface area contributed by atoms with E-state index in [1.54, 1.807) is 0 Å². The molecule has 90 valence electrons. The fourth-order valence-corrected chi connectivity index (χ4v) is 1.26. The predicted molar refractivity (Wildman–Crippen MR) is 51.2 cm³/mol. The normalized spacial score (nSPS) is 11.8. The second-order valence-corrected chi connectivity index (χ2v) is 3.42. The minimum absolute atomic E-state index is 0.216. The summed E-state index contributed by atoms with van der Waals surface area (Å²) in [6.07, 6.45) is -4.26. The summed E-state index contributed by atoms with van der Waals surface area (Å²) in [7, 11) is 1.43. The molecule has 0 fully saturated rings. The molecule has 0 saturated carbocycles. The Hall–Kier alpha value is -1.53. The van der Waals surface area contributed by atoms with Crippen molar-refractivity contribution in [1.29, 1.82) is 0 Å². The molecule has 4 nitrogen and oxygen atoms in total. The highest BCUT2D eigenvalue weighted by Gasteiger charge is 2.26. The first-order chi connectivity index (χ1) is 7.31. The summed E-state index contributed by atoms with van der Waals surface area (Å²) in [5, 5.41) is 0. The zero-order valence-corrected chi connectivity index (χ0v) is 8.62. The van der Waals surface area contributed by atoms with Gasteiger partial charge in [0, 0.05) is 32.3 Å². The molecule has 0 unspecified atom stereocenters. The average Bonchev–Trinajstić information content (AvgIpc) is 2.16. The van der Waals surface area contributed by atoms with Gasteiger partial charge in [-0.05, 0) is 6.42 Å². The van der Waals surface area contributed by atoms with Crippen LogP contribution in [0.2, 0.25) is 0 Å². The molecule has 0 spiro atoms. The lowest BCUT2D eigenvalue weighted by molar-refractivity contribution is -0.135. The summed E-state index contributed by atoms with van der Waals surface area (Å²) < 4.78 is 37.5. The van der Waals surface area contributed by atoms with Gasteiger partial charge in [-0.2, -0.15) is 13.2 Å². The summed E-state index contributed by atoms with van der Waals surface area (Å²) in [5.74, 6) is 0. The first-order valence-corrected chi connectivity index (χ1v) is 4.64. The van der Waals surface area contributed by atoms with Gasteiger partial charge in [-0.15, -0.1) is 0 Å². The Morgan fingerprint density at radius 2 is 1.94 bits per heavy atom. The highest BCUT2D eigenvalue weighted by Crippen LogP contribution is 2.21. The average molecular weight is 236 g/mol. The van der Waals surface area contributed by atoms with Gasteiger partial charge < -0.3 is 4.57 Å². The topological polar surface area (TPSA) is 44.0 Å². The van der Waals surface area contributed by atoms with Crippen molar-refractivity contribution in [2.75, 3.05) is 0 Å². The van der Waals surface area contributed by atoms with Crippen molar-refractivity contribution < 1.29 is 13.2 Å². The third kappa shape index (κ3) is 3.25. The van der Waals surface area contributed by atoms with E-state index >= 15 is 0 Å². The molecular formula is C9H11F3N2O2. The van der Waals surface area contributed by atoms with Crippen LogP contribution >= 0.6 is 0 Å². The van der Waals surface area contributed by atoms with Gasteiger partial charge in [0.15, 0.2) is 0 Å². The van der Waals surface area contributed by atoms with Gasteiger partial charge in [0.1, 0.15) is 0 Å². The van der Waals surface area contributed by atoms with Crippen molar-refractivity contribution in [3.63, 3.8) is 0 Å². The van der Waals surface area contributed by atoms with Gasteiger partial charge >= 0.3 is 11.9 Å². The molecule has 1 heterocycles. The number of aromatic nitrogens is 2. The van der Waals surface area contributed by atoms with E-state index in [0.29, 0.717) is 0 Å². The van der Waals surface area contributed by atoms with E-state index in [2.05, 4.69) is 0 Å². The van der Waals surface area contributed by atoms with E-state index in [0.717, 1.165) is 15.2 Å². The van der Waals surface area contributed by atoms with Crippen LogP contribution in [-0.2, 0) is 13.6 Å². The van der Waals surface area contributed by atoms with Crippen LogP contribution in [0.3, 0.4) is 0 Å². The van der Waals surface area contributed by atoms with Crippen molar-refractivity contribution in [3.8, 4) is 0 Å². The van der Waals surface area contributed by atoms with Crippen LogP contribution in [0.1, 0.15) is 12.8 Å². The molecule has 0 aliphatic heterocycles. The van der Waals surface area contributed by atoms with Crippen molar-refractivity contribution in [2.24, 2.45) is 7.05 Å². The zero-order valence-electron chi connectivity index (χ0n) is 8.62. The second-order valence-electron chi connectivity index (χ2n) is 3.42. The van der Waals surface area contributed by atoms with E-state index in [1.165, 1.54) is 13.2 Å². The number of nitrogens with zero attached hydrogens (tertiary/aromatic N) is 2. The van der Waals surface area contributed by atoms with Crippen molar-refractivity contribution >= 4 is 0 Å². The van der Waals surface area contributed by atoms with Crippen LogP contribution in [0, 0.1) is 0 Å². The van der Waals surface area contributed by atoms with E-state index in [1.807, 2.05) is 0 Å². The summed E-state index contributed by atoms with van der Waals surface area (Å²) in [6, 6.07) is 1.15. The third-order valence-electron chi connectivity index (χ3n) is 2.08. The number of halogens is 3. The molecule has 1 rings (SSSR count). The Balaban J connectivity index is 2.79. The SMILES string of the molecule is Cn1ccc(=O)n(CCCC(F)(F)F)c1=O. The third-order valence-corrected chi connectivity index (χ3v) is 2.08. The van der Waals surface area contributed by atoms with E-state index in [4.69, 9.17) is 0 Å². The van der Waals surface area contributed by atoms with E-state index in [-0.39, 0.29) is 13.0 Å². The number of rotatable bonds is 3. The van der Waals surface area contributed by atoms with Crippen molar-refractivity contribution in [2.45, 2.75) is 25.6 Å². The van der Waals surface area contributed by atoms with Gasteiger partial charge in [0.25, 0.3) is 5.56 Å². The summed E-state index contributed by atoms with van der Waals surface area (Å²) >= 11 is 0. The number of hydrogen-bond acceptors (Lipinski definition) is 2. The highest BCUT2D eigenvalue weighted by molar-refractivity contribution is 4.85. The quantitative estimate of drug-likeness (QED) is 0.782. The molecule has 0 aliphatic carbocycles. The molecule has 0 radical (unpaired) electrons. The van der Waals surface area contributed by atoms with Gasteiger partial charge in [-0.3, -0.25) is 9.36 Å². The lowest BCUT2D eigenvalue weighted by Crippen LogP contribution is -2.38. The van der Waals surface area contributed by atoms with E-state index < -0.39 is 23.8 Å². The van der Waals surface area contributed by atoms with Crippen LogP contribution in [0.25, 0.3) is 0 Å². The van der Waals surface area contributed by atoms with Crippen molar-refractivity contribution in [1.82, 2.24) is 9.13 Å². The molecule has 0 N–H and O–H groups in total. The fraction of sp³-hybridized carbons (Fsp3) is 0.556. The fourth-order valence-electron chi connectivity index (χ4n) is 1.26. The Kier molecular flexibility index (Phi) is 3.56. The first kappa shape index (κ1) is 12.5. The minimum Gasteiger partial charge on any atom is -0.303 e. The Morgan fingerprint density at radius 1 is 1.31 bits per heavy atom. The second kappa shape index (κ2) is 4.54. The lowest BCUT2D eigenvalue weighted by atomic mass is 10.3. The molecule has 0 aromatic carbocycles.